The highest BCUT2D eigenvalue weighted by Gasteiger charge is 2.53. The van der Waals surface area contributed by atoms with Gasteiger partial charge in [0.15, 0.2) is 14.1 Å². The van der Waals surface area contributed by atoms with Gasteiger partial charge in [0.05, 0.1) is 37.6 Å². The van der Waals surface area contributed by atoms with Crippen molar-refractivity contribution in [2.24, 2.45) is 35.5 Å². The Labute approximate surface area is 451 Å². The predicted octanol–water partition coefficient (Wildman–Crippen LogP) is 9.23. The first kappa shape index (κ1) is 64.3. The SMILES string of the molecule is COC1CC2CCC(C)C(O)(O2)C(=O)C(=O)N2CCCCC2C(=O)OC(C(C)CC2CCC(OCCO[Si](C)(C)C(C)(C)C)C(OC)C2)CC(=O)C(C)C=C(C)C(O)C(OC)C(=O)C(C)CC(C)C=CC=CC=C1C. The summed E-state index contributed by atoms with van der Waals surface area (Å²) in [5.41, 5.74) is 1.28. The van der Waals surface area contributed by atoms with E-state index < -0.39 is 86.1 Å². The lowest BCUT2D eigenvalue weighted by molar-refractivity contribution is -0.265. The Kier molecular flexibility index (Phi) is 25.0. The number of carbonyl (C=O) groups excluding carboxylic acids is 5. The molecule has 0 aromatic carbocycles. The molecular weight excluding hydrogens is 975 g/mol. The van der Waals surface area contributed by atoms with Crippen LogP contribution < -0.4 is 0 Å². The topological polar surface area (TPSA) is 194 Å². The number of aliphatic hydroxyl groups excluding tert-OH is 1. The fourth-order valence-electron chi connectivity index (χ4n) is 11.0. The molecule has 3 aliphatic heterocycles. The second kappa shape index (κ2) is 29.1. The fourth-order valence-corrected chi connectivity index (χ4v) is 12.0. The largest absolute Gasteiger partial charge is 0.460 e. The Hall–Kier alpha value is -3.19. The van der Waals surface area contributed by atoms with E-state index in [1.54, 1.807) is 41.1 Å². The highest BCUT2D eigenvalue weighted by atomic mass is 28.4. The molecule has 1 saturated carbocycles. The molecule has 0 spiro atoms. The van der Waals surface area contributed by atoms with Crippen molar-refractivity contribution in [2.45, 2.75) is 219 Å². The minimum atomic E-state index is -2.43. The molecule has 0 aromatic heterocycles. The smallest absolute Gasteiger partial charge is 0.329 e. The number of cyclic esters (lactones) is 1. The van der Waals surface area contributed by atoms with Crippen LogP contribution in [0.25, 0.3) is 0 Å². The first-order valence-electron chi connectivity index (χ1n) is 27.9. The van der Waals surface area contributed by atoms with Gasteiger partial charge < -0.3 is 48.0 Å². The molecule has 15 atom stereocenters. The summed E-state index contributed by atoms with van der Waals surface area (Å²) in [6.45, 7) is 24.9. The number of fused-ring (bicyclic) bond motifs is 3. The molecule has 15 nitrogen and oxygen atoms in total. The molecule has 3 heterocycles. The lowest BCUT2D eigenvalue weighted by atomic mass is 9.78. The molecule has 75 heavy (non-hydrogen) atoms. The van der Waals surface area contributed by atoms with E-state index in [1.807, 2.05) is 58.1 Å². The number of carbonyl (C=O) groups is 5. The summed E-state index contributed by atoms with van der Waals surface area (Å²) in [7, 11) is 2.73. The first-order valence-corrected chi connectivity index (χ1v) is 30.8. The average Bonchev–Trinajstić information content (AvgIpc) is 3.36. The summed E-state index contributed by atoms with van der Waals surface area (Å²) in [4.78, 5) is 72.7. The number of aliphatic hydroxyl groups is 2. The third-order valence-electron chi connectivity index (χ3n) is 17.1. The van der Waals surface area contributed by atoms with Crippen molar-refractivity contribution >= 4 is 37.5 Å². The number of rotatable bonds is 11. The lowest BCUT2D eigenvalue weighted by Crippen LogP contribution is -2.61. The van der Waals surface area contributed by atoms with E-state index in [0.29, 0.717) is 70.2 Å². The maximum absolute atomic E-state index is 14.6. The molecule has 16 heteroatoms. The van der Waals surface area contributed by atoms with Gasteiger partial charge in [-0.3, -0.25) is 19.2 Å². The van der Waals surface area contributed by atoms with Gasteiger partial charge in [-0.2, -0.15) is 0 Å². The maximum Gasteiger partial charge on any atom is 0.329 e. The minimum Gasteiger partial charge on any atom is -0.460 e. The number of nitrogens with zero attached hydrogens (tertiary/aromatic N) is 1. The summed E-state index contributed by atoms with van der Waals surface area (Å²) < 4.78 is 42.8. The molecule has 426 valence electrons. The molecule has 4 rings (SSSR count). The van der Waals surface area contributed by atoms with E-state index in [4.69, 9.17) is 32.8 Å². The zero-order chi connectivity index (χ0) is 56.0. The van der Waals surface area contributed by atoms with Gasteiger partial charge in [-0.25, -0.2) is 4.79 Å². The van der Waals surface area contributed by atoms with Crippen LogP contribution in [0.4, 0.5) is 0 Å². The van der Waals surface area contributed by atoms with Crippen LogP contribution in [0.3, 0.4) is 0 Å². The molecule has 0 radical (unpaired) electrons. The summed E-state index contributed by atoms with van der Waals surface area (Å²) in [5, 5.41) is 23.7. The number of hydrogen-bond donors (Lipinski definition) is 2. The number of amides is 1. The molecule has 2 saturated heterocycles. The number of Topliss-reactive ketones (excluding diaryl/α,β-unsaturated/α-hetero) is 3. The second-order valence-corrected chi connectivity index (χ2v) is 28.9. The van der Waals surface area contributed by atoms with Crippen LogP contribution >= 0.6 is 0 Å². The van der Waals surface area contributed by atoms with Gasteiger partial charge in [-0.1, -0.05) is 91.8 Å². The molecule has 4 aliphatic rings. The van der Waals surface area contributed by atoms with E-state index in [1.165, 1.54) is 12.0 Å². The van der Waals surface area contributed by atoms with Gasteiger partial charge >= 0.3 is 5.97 Å². The quantitative estimate of drug-likeness (QED) is 0.0654. The third-order valence-corrected chi connectivity index (χ3v) is 21.7. The zero-order valence-corrected chi connectivity index (χ0v) is 49.4. The zero-order valence-electron chi connectivity index (χ0n) is 48.4. The Bertz CT molecular complexity index is 2030. The average molecular weight is 1070 g/mol. The molecule has 1 amide bonds. The maximum atomic E-state index is 14.6. The number of ketones is 3. The fraction of sp³-hybridized carbons (Fsp3) is 0.780. The monoisotopic (exact) mass is 1070 g/mol. The molecular formula is C59H97NO14Si. The Morgan fingerprint density at radius 3 is 2.20 bits per heavy atom. The summed E-state index contributed by atoms with van der Waals surface area (Å²) in [5.74, 6) is -7.87. The number of hydrogen-bond acceptors (Lipinski definition) is 14. The number of piperidine rings is 1. The highest BCUT2D eigenvalue weighted by Crippen LogP contribution is 2.39. The molecule has 0 aromatic rings. The molecule has 1 aliphatic carbocycles. The summed E-state index contributed by atoms with van der Waals surface area (Å²) in [6.07, 6.45) is 12.4. The molecule has 15 unspecified atom stereocenters. The Balaban J connectivity index is 1.65. The van der Waals surface area contributed by atoms with Gasteiger partial charge in [-0.05, 0) is 125 Å². The van der Waals surface area contributed by atoms with Crippen LogP contribution in [0.1, 0.15) is 146 Å². The van der Waals surface area contributed by atoms with Gasteiger partial charge in [-0.15, -0.1) is 0 Å². The third kappa shape index (κ3) is 17.7. The van der Waals surface area contributed by atoms with E-state index in [-0.39, 0.29) is 66.0 Å². The Morgan fingerprint density at radius 1 is 0.840 bits per heavy atom. The summed E-state index contributed by atoms with van der Waals surface area (Å²) >= 11 is 0. The van der Waals surface area contributed by atoms with E-state index in [9.17, 15) is 34.2 Å². The van der Waals surface area contributed by atoms with Crippen molar-refractivity contribution < 1.29 is 67.0 Å². The number of esters is 1. The van der Waals surface area contributed by atoms with Gasteiger partial charge in [0.25, 0.3) is 11.7 Å². The van der Waals surface area contributed by atoms with Gasteiger partial charge in [0.2, 0.25) is 5.79 Å². The van der Waals surface area contributed by atoms with Crippen LogP contribution in [0.5, 0.6) is 0 Å². The van der Waals surface area contributed by atoms with Crippen molar-refractivity contribution in [3.8, 4) is 0 Å². The number of methoxy groups -OCH3 is 3. The van der Waals surface area contributed by atoms with Crippen molar-refractivity contribution in [2.75, 3.05) is 41.1 Å². The second-order valence-electron chi connectivity index (χ2n) is 24.0. The van der Waals surface area contributed by atoms with E-state index >= 15 is 0 Å². The van der Waals surface area contributed by atoms with Crippen LogP contribution in [-0.4, -0.2) is 148 Å². The van der Waals surface area contributed by atoms with Crippen molar-refractivity contribution in [1.29, 1.82) is 0 Å². The standard InChI is InChI=1S/C59H97NO14Si/c1-37-21-17-16-18-22-38(2)49(68-11)35-45-26-24-43(7)59(67,74-45)55(64)56(65)60-28-20-19-23-46(60)57(66)73-50(36-47(61)39(3)32-42(6)53(63)54(70-13)52(62)41(5)31-37)40(4)33-44-25-27-48(51(34-44)69-12)71-29-30-72-75(14,15)58(8,9)10/h16-18,21-22,32,37,39-41,43-46,48-51,53-54,63,67H,19-20,23-31,33-36H2,1-15H3. The predicted molar refractivity (Wildman–Crippen MR) is 292 cm³/mol. The summed E-state index contributed by atoms with van der Waals surface area (Å²) in [6, 6.07) is -1.14. The van der Waals surface area contributed by atoms with E-state index in [2.05, 4.69) is 33.9 Å². The molecule has 3 fully saturated rings. The van der Waals surface area contributed by atoms with Crippen LogP contribution in [0.2, 0.25) is 18.1 Å². The molecule has 2 N–H and O–H groups in total. The van der Waals surface area contributed by atoms with Crippen LogP contribution in [-0.2, 0) is 56.8 Å². The normalized spacial score (nSPS) is 34.9. The van der Waals surface area contributed by atoms with Crippen LogP contribution in [0, 0.1) is 35.5 Å². The van der Waals surface area contributed by atoms with Crippen molar-refractivity contribution in [3.63, 3.8) is 0 Å². The van der Waals surface area contributed by atoms with Gasteiger partial charge in [0.1, 0.15) is 30.1 Å². The van der Waals surface area contributed by atoms with Crippen molar-refractivity contribution in [1.82, 2.24) is 4.90 Å². The number of allylic oxidation sites excluding steroid dienone is 6. The first-order chi connectivity index (χ1) is 35.2. The number of ether oxygens (including phenoxy) is 6. The highest BCUT2D eigenvalue weighted by molar-refractivity contribution is 6.74. The van der Waals surface area contributed by atoms with E-state index in [0.717, 1.165) is 18.4 Å². The molecule has 2 bridgehead atoms. The van der Waals surface area contributed by atoms with Crippen LogP contribution in [0.15, 0.2) is 47.6 Å². The minimum absolute atomic E-state index is 0.0168. The lowest BCUT2D eigenvalue weighted by Gasteiger charge is -2.42. The van der Waals surface area contributed by atoms with Gasteiger partial charge in [0, 0.05) is 58.5 Å². The van der Waals surface area contributed by atoms with Crippen molar-refractivity contribution in [3.05, 3.63) is 47.6 Å². The Morgan fingerprint density at radius 2 is 1.55 bits per heavy atom.